The van der Waals surface area contributed by atoms with Gasteiger partial charge >= 0.3 is 0 Å². The molecule has 15 heavy (non-hydrogen) atoms. The SMILES string of the molecule is Cc1nc(-c2cc(Cl)ccc2F)sc1Br. The maximum atomic E-state index is 13.5. The van der Waals surface area contributed by atoms with E-state index in [1.807, 2.05) is 6.92 Å². The second-order valence-electron chi connectivity index (χ2n) is 3.00. The molecule has 0 aliphatic rings. The lowest BCUT2D eigenvalue weighted by Gasteiger charge is -1.98. The van der Waals surface area contributed by atoms with Crippen molar-refractivity contribution in [1.82, 2.24) is 4.98 Å². The van der Waals surface area contributed by atoms with Gasteiger partial charge in [0.2, 0.25) is 0 Å². The third kappa shape index (κ3) is 2.22. The van der Waals surface area contributed by atoms with Crippen molar-refractivity contribution < 1.29 is 4.39 Å². The molecule has 0 aliphatic carbocycles. The molecule has 1 nitrogen and oxygen atoms in total. The van der Waals surface area contributed by atoms with Crippen molar-refractivity contribution >= 4 is 38.9 Å². The van der Waals surface area contributed by atoms with Crippen LogP contribution in [0.15, 0.2) is 22.0 Å². The Hall–Kier alpha value is -0.450. The van der Waals surface area contributed by atoms with E-state index in [0.29, 0.717) is 15.6 Å². The Bertz CT molecular complexity index is 493. The highest BCUT2D eigenvalue weighted by Gasteiger charge is 2.11. The summed E-state index contributed by atoms with van der Waals surface area (Å²) in [7, 11) is 0. The van der Waals surface area contributed by atoms with Crippen LogP contribution in [0.2, 0.25) is 5.02 Å². The van der Waals surface area contributed by atoms with Crippen LogP contribution < -0.4 is 0 Å². The summed E-state index contributed by atoms with van der Waals surface area (Å²) < 4.78 is 14.4. The molecule has 0 amide bonds. The van der Waals surface area contributed by atoms with Crippen molar-refractivity contribution in [3.63, 3.8) is 0 Å². The minimum atomic E-state index is -0.305. The van der Waals surface area contributed by atoms with Crippen LogP contribution in [-0.2, 0) is 0 Å². The fraction of sp³-hybridized carbons (Fsp3) is 0.100. The monoisotopic (exact) mass is 305 g/mol. The lowest BCUT2D eigenvalue weighted by Crippen LogP contribution is -1.83. The first-order valence-corrected chi connectivity index (χ1v) is 6.15. The molecule has 0 atom stereocenters. The molecule has 1 aromatic carbocycles. The third-order valence-electron chi connectivity index (χ3n) is 1.90. The number of aryl methyl sites for hydroxylation is 1. The number of nitrogens with zero attached hydrogens (tertiary/aromatic N) is 1. The molecule has 1 heterocycles. The molecule has 0 bridgehead atoms. The summed E-state index contributed by atoms with van der Waals surface area (Å²) in [5.74, 6) is -0.305. The van der Waals surface area contributed by atoms with Crippen LogP contribution in [0.5, 0.6) is 0 Å². The predicted octanol–water partition coefficient (Wildman–Crippen LogP) is 4.67. The van der Waals surface area contributed by atoms with E-state index >= 15 is 0 Å². The van der Waals surface area contributed by atoms with Gasteiger partial charge in [0.15, 0.2) is 0 Å². The molecule has 0 fully saturated rings. The highest BCUT2D eigenvalue weighted by molar-refractivity contribution is 9.11. The molecule has 2 aromatic rings. The zero-order valence-electron chi connectivity index (χ0n) is 7.72. The fourth-order valence-corrected chi connectivity index (χ4v) is 2.69. The van der Waals surface area contributed by atoms with E-state index in [4.69, 9.17) is 11.6 Å². The molecule has 0 aliphatic heterocycles. The van der Waals surface area contributed by atoms with Crippen molar-refractivity contribution in [1.29, 1.82) is 0 Å². The van der Waals surface area contributed by atoms with E-state index in [1.165, 1.54) is 23.5 Å². The number of halogens is 3. The third-order valence-corrected chi connectivity index (χ3v) is 4.17. The van der Waals surface area contributed by atoms with E-state index in [-0.39, 0.29) is 5.82 Å². The molecule has 1 aromatic heterocycles. The largest absolute Gasteiger partial charge is 0.240 e. The molecular weight excluding hydrogens is 301 g/mol. The molecular formula is C10H6BrClFNS. The van der Waals surface area contributed by atoms with Crippen LogP contribution in [0.4, 0.5) is 4.39 Å². The van der Waals surface area contributed by atoms with Gasteiger partial charge in [0.05, 0.1) is 9.48 Å². The van der Waals surface area contributed by atoms with Gasteiger partial charge in [0.1, 0.15) is 10.8 Å². The molecule has 78 valence electrons. The van der Waals surface area contributed by atoms with Crippen molar-refractivity contribution in [3.8, 4) is 10.6 Å². The standard InChI is InChI=1S/C10H6BrClFNS/c1-5-9(11)15-10(14-5)7-4-6(12)2-3-8(7)13/h2-4H,1H3. The molecule has 0 radical (unpaired) electrons. The zero-order valence-corrected chi connectivity index (χ0v) is 10.9. The summed E-state index contributed by atoms with van der Waals surface area (Å²) in [6, 6.07) is 4.46. The maximum Gasteiger partial charge on any atom is 0.133 e. The van der Waals surface area contributed by atoms with E-state index in [2.05, 4.69) is 20.9 Å². The van der Waals surface area contributed by atoms with Gasteiger partial charge in [-0.15, -0.1) is 11.3 Å². The van der Waals surface area contributed by atoms with E-state index in [1.54, 1.807) is 6.07 Å². The van der Waals surface area contributed by atoms with Crippen LogP contribution in [0.3, 0.4) is 0 Å². The number of hydrogen-bond acceptors (Lipinski definition) is 2. The number of benzene rings is 1. The van der Waals surface area contributed by atoms with Gasteiger partial charge in [0.25, 0.3) is 0 Å². The average molecular weight is 307 g/mol. The van der Waals surface area contributed by atoms with Gasteiger partial charge in [-0.25, -0.2) is 9.37 Å². The van der Waals surface area contributed by atoms with Gasteiger partial charge in [-0.3, -0.25) is 0 Å². The summed E-state index contributed by atoms with van der Waals surface area (Å²) in [6.45, 7) is 1.87. The Morgan fingerprint density at radius 3 is 2.80 bits per heavy atom. The average Bonchev–Trinajstić information content (AvgIpc) is 2.51. The summed E-state index contributed by atoms with van der Waals surface area (Å²) >= 11 is 10.6. The normalized spacial score (nSPS) is 10.7. The van der Waals surface area contributed by atoms with Crippen LogP contribution >= 0.6 is 38.9 Å². The Balaban J connectivity index is 2.58. The first kappa shape index (κ1) is 11.0. The summed E-state index contributed by atoms with van der Waals surface area (Å²) in [6.07, 6.45) is 0. The first-order chi connectivity index (χ1) is 7.08. The van der Waals surface area contributed by atoms with Crippen molar-refractivity contribution in [3.05, 3.63) is 38.5 Å². The van der Waals surface area contributed by atoms with Gasteiger partial charge in [-0.2, -0.15) is 0 Å². The highest BCUT2D eigenvalue weighted by atomic mass is 79.9. The zero-order chi connectivity index (χ0) is 11.0. The minimum Gasteiger partial charge on any atom is -0.240 e. The van der Waals surface area contributed by atoms with Crippen LogP contribution in [-0.4, -0.2) is 4.98 Å². The summed E-state index contributed by atoms with van der Waals surface area (Å²) in [5, 5.41) is 1.15. The van der Waals surface area contributed by atoms with Crippen LogP contribution in [0, 0.1) is 12.7 Å². The Morgan fingerprint density at radius 1 is 1.47 bits per heavy atom. The molecule has 0 N–H and O–H groups in total. The minimum absolute atomic E-state index is 0.305. The first-order valence-electron chi connectivity index (χ1n) is 4.16. The van der Waals surface area contributed by atoms with Gasteiger partial charge in [0, 0.05) is 10.6 Å². The summed E-state index contributed by atoms with van der Waals surface area (Å²) in [5.41, 5.74) is 1.30. The summed E-state index contributed by atoms with van der Waals surface area (Å²) in [4.78, 5) is 4.26. The van der Waals surface area contributed by atoms with Crippen molar-refractivity contribution in [2.75, 3.05) is 0 Å². The topological polar surface area (TPSA) is 12.9 Å². The van der Waals surface area contributed by atoms with E-state index in [9.17, 15) is 4.39 Å². The van der Waals surface area contributed by atoms with Gasteiger partial charge < -0.3 is 0 Å². The quantitative estimate of drug-likeness (QED) is 0.746. The lowest BCUT2D eigenvalue weighted by molar-refractivity contribution is 0.631. The predicted molar refractivity (Wildman–Crippen MR) is 65.0 cm³/mol. The molecule has 0 saturated heterocycles. The Labute approximate surface area is 104 Å². The second kappa shape index (κ2) is 4.20. The number of thiazole rings is 1. The lowest BCUT2D eigenvalue weighted by atomic mass is 10.2. The molecule has 2 rings (SSSR count). The number of hydrogen-bond donors (Lipinski definition) is 0. The number of aromatic nitrogens is 1. The smallest absolute Gasteiger partial charge is 0.133 e. The van der Waals surface area contributed by atoms with Gasteiger partial charge in [-0.1, -0.05) is 11.6 Å². The fourth-order valence-electron chi connectivity index (χ4n) is 1.15. The Morgan fingerprint density at radius 2 is 2.20 bits per heavy atom. The van der Waals surface area contributed by atoms with Crippen molar-refractivity contribution in [2.24, 2.45) is 0 Å². The van der Waals surface area contributed by atoms with Crippen LogP contribution in [0.1, 0.15) is 5.69 Å². The van der Waals surface area contributed by atoms with Gasteiger partial charge in [-0.05, 0) is 41.1 Å². The van der Waals surface area contributed by atoms with Crippen molar-refractivity contribution in [2.45, 2.75) is 6.92 Å². The molecule has 0 spiro atoms. The van der Waals surface area contributed by atoms with E-state index in [0.717, 1.165) is 9.48 Å². The maximum absolute atomic E-state index is 13.5. The van der Waals surface area contributed by atoms with E-state index < -0.39 is 0 Å². The molecule has 0 saturated carbocycles. The number of rotatable bonds is 1. The van der Waals surface area contributed by atoms with Crippen LogP contribution in [0.25, 0.3) is 10.6 Å². The highest BCUT2D eigenvalue weighted by Crippen LogP contribution is 2.33. The Kier molecular flexibility index (Phi) is 3.09. The second-order valence-corrected chi connectivity index (χ2v) is 5.76. The molecule has 0 unspecified atom stereocenters. The molecule has 5 heteroatoms.